The summed E-state index contributed by atoms with van der Waals surface area (Å²) in [5, 5.41) is 0. The Hall–Kier alpha value is 0.627. The molecular formula is C18H29Cl2HfSi. The predicted octanol–water partition coefficient (Wildman–Crippen LogP) is 7.14. The molecule has 0 aromatic rings. The average Bonchev–Trinajstić information content (AvgIpc) is 3.02. The quantitative estimate of drug-likeness (QED) is 0.337. The number of halogens is 2. The first kappa shape index (κ1) is 19.0. The molecule has 0 N–H and O–H groups in total. The van der Waals surface area contributed by atoms with Gasteiger partial charge in [0.1, 0.15) is 0 Å². The summed E-state index contributed by atoms with van der Waals surface area (Å²) < 4.78 is 0.693. The Morgan fingerprint density at radius 3 is 1.55 bits per heavy atom. The SMILES string of the molecule is CCC1=CC(C)=C[CH]1[Hf]([Cl])([Cl])([CH]1C=C(C)C=C1CC)[SiH](C)C. The molecule has 0 aliphatic heterocycles. The van der Waals surface area contributed by atoms with Gasteiger partial charge in [0.15, 0.2) is 0 Å². The zero-order chi connectivity index (χ0) is 16.7. The van der Waals surface area contributed by atoms with E-state index in [1.54, 1.807) is 0 Å². The summed E-state index contributed by atoms with van der Waals surface area (Å²) in [5.41, 5.74) is 5.66. The normalized spacial score (nSPS) is 27.2. The fourth-order valence-corrected chi connectivity index (χ4v) is 45.6. The molecule has 0 nitrogen and oxygen atoms in total. The van der Waals surface area contributed by atoms with Crippen molar-refractivity contribution < 1.29 is 15.3 Å². The Morgan fingerprint density at radius 1 is 0.909 bits per heavy atom. The summed E-state index contributed by atoms with van der Waals surface area (Å²) in [6, 6.07) is 0. The van der Waals surface area contributed by atoms with E-state index < -0.39 is 21.3 Å². The summed E-state index contributed by atoms with van der Waals surface area (Å²) in [6.07, 6.45) is 11.6. The van der Waals surface area contributed by atoms with Crippen LogP contribution in [0.15, 0.2) is 46.6 Å². The van der Waals surface area contributed by atoms with E-state index in [4.69, 9.17) is 17.2 Å². The summed E-state index contributed by atoms with van der Waals surface area (Å²) in [5.74, 6) is -1.20. The van der Waals surface area contributed by atoms with Crippen LogP contribution < -0.4 is 0 Å². The third kappa shape index (κ3) is 2.87. The van der Waals surface area contributed by atoms with Crippen LogP contribution >= 0.6 is 17.2 Å². The Kier molecular flexibility index (Phi) is 5.60. The fraction of sp³-hybridized carbons (Fsp3) is 0.556. The van der Waals surface area contributed by atoms with Gasteiger partial charge in [-0.1, -0.05) is 0 Å². The van der Waals surface area contributed by atoms with Gasteiger partial charge in [-0.2, -0.15) is 0 Å². The molecule has 0 heterocycles. The Labute approximate surface area is 145 Å². The summed E-state index contributed by atoms with van der Waals surface area (Å²) in [4.78, 5) is 0. The monoisotopic (exact) mass is 523 g/mol. The van der Waals surface area contributed by atoms with E-state index in [1.807, 2.05) is 0 Å². The molecule has 123 valence electrons. The number of hydrogen-bond acceptors (Lipinski definition) is 0. The maximum atomic E-state index is 7.70. The van der Waals surface area contributed by atoms with Gasteiger partial charge in [-0.25, -0.2) is 0 Å². The zero-order valence-electron chi connectivity index (χ0n) is 14.7. The molecule has 0 bridgehead atoms. The van der Waals surface area contributed by atoms with Crippen LogP contribution in [0.1, 0.15) is 40.5 Å². The minimum absolute atomic E-state index is 0.346. The van der Waals surface area contributed by atoms with Gasteiger partial charge >= 0.3 is 146 Å². The third-order valence-corrected chi connectivity index (χ3v) is 79.0. The Morgan fingerprint density at radius 2 is 1.27 bits per heavy atom. The van der Waals surface area contributed by atoms with Crippen molar-refractivity contribution in [1.29, 1.82) is 0 Å². The van der Waals surface area contributed by atoms with E-state index in [2.05, 4.69) is 65.1 Å². The topological polar surface area (TPSA) is 0 Å². The Balaban J connectivity index is 2.62. The molecule has 0 radical (unpaired) electrons. The van der Waals surface area contributed by atoms with Crippen LogP contribution in [0.2, 0.25) is 20.4 Å². The van der Waals surface area contributed by atoms with Gasteiger partial charge in [0.25, 0.3) is 0 Å². The summed E-state index contributed by atoms with van der Waals surface area (Å²) in [7, 11) is 15.4. The zero-order valence-corrected chi connectivity index (χ0v) is 21.0. The molecule has 0 aromatic heterocycles. The van der Waals surface area contributed by atoms with Gasteiger partial charge in [-0.3, -0.25) is 0 Å². The first-order valence-electron chi connectivity index (χ1n) is 8.50. The molecule has 22 heavy (non-hydrogen) atoms. The van der Waals surface area contributed by atoms with Crippen LogP contribution in [0.25, 0.3) is 0 Å². The van der Waals surface area contributed by atoms with Crippen LogP contribution in [0.5, 0.6) is 0 Å². The number of hydrogen-bond donors (Lipinski definition) is 0. The van der Waals surface area contributed by atoms with E-state index >= 15 is 0 Å². The van der Waals surface area contributed by atoms with Crippen LogP contribution in [-0.4, -0.2) is 5.98 Å². The van der Waals surface area contributed by atoms with Crippen LogP contribution in [0, 0.1) is 0 Å². The molecular weight excluding hydrogens is 494 g/mol. The first-order valence-corrected chi connectivity index (χ1v) is 30.7. The third-order valence-electron chi connectivity index (χ3n) is 5.59. The van der Waals surface area contributed by atoms with E-state index in [9.17, 15) is 0 Å². The molecule has 0 aromatic carbocycles. The molecule has 0 saturated carbocycles. The summed E-state index contributed by atoms with van der Waals surface area (Å²) >= 11 is -4.14. The second-order valence-electron chi connectivity index (χ2n) is 7.30. The minimum atomic E-state index is -4.14. The van der Waals surface area contributed by atoms with Gasteiger partial charge in [-0.15, -0.1) is 0 Å². The van der Waals surface area contributed by atoms with Crippen molar-refractivity contribution in [3.63, 3.8) is 0 Å². The second-order valence-corrected chi connectivity index (χ2v) is 66.9. The van der Waals surface area contributed by atoms with Gasteiger partial charge < -0.3 is 0 Å². The number of rotatable bonds is 5. The molecule has 2 unspecified atom stereocenters. The maximum absolute atomic E-state index is 7.70. The fourth-order valence-electron chi connectivity index (χ4n) is 4.18. The molecule has 2 rings (SSSR count). The van der Waals surface area contributed by atoms with E-state index in [-0.39, 0.29) is 0 Å². The molecule has 4 heteroatoms. The van der Waals surface area contributed by atoms with Crippen molar-refractivity contribution in [2.45, 2.75) is 61.0 Å². The average molecular weight is 523 g/mol. The number of allylic oxidation sites excluding steroid dienone is 8. The molecule has 0 spiro atoms. The second kappa shape index (κ2) is 6.50. The van der Waals surface area contributed by atoms with Crippen molar-refractivity contribution in [2.24, 2.45) is 0 Å². The summed E-state index contributed by atoms with van der Waals surface area (Å²) in [6.45, 7) is 13.6. The van der Waals surface area contributed by atoms with Crippen LogP contribution in [0.3, 0.4) is 0 Å². The van der Waals surface area contributed by atoms with Crippen molar-refractivity contribution in [2.75, 3.05) is 0 Å². The van der Waals surface area contributed by atoms with E-state index in [0.717, 1.165) is 12.8 Å². The standard InChI is InChI=1S/2C8H11.C2H7Si.2ClH.Hf/c2*1-3-8-5-4-7(2)6-8;1-3-2;;;/h2*4-6H,3H2,1-2H3;3H,1-2H3;2*1H;/q;;;;;+2/p-2. The van der Waals surface area contributed by atoms with Crippen molar-refractivity contribution in [1.82, 2.24) is 0 Å². The van der Waals surface area contributed by atoms with E-state index in [0.29, 0.717) is 7.35 Å². The van der Waals surface area contributed by atoms with E-state index in [1.165, 1.54) is 22.3 Å². The molecule has 2 atom stereocenters. The Bertz CT molecular complexity index is 550. The molecule has 2 aliphatic rings. The van der Waals surface area contributed by atoms with Gasteiger partial charge in [-0.05, 0) is 0 Å². The van der Waals surface area contributed by atoms with Crippen molar-refractivity contribution >= 4 is 23.1 Å². The van der Waals surface area contributed by atoms with Gasteiger partial charge in [0.2, 0.25) is 0 Å². The first-order chi connectivity index (χ1) is 10.1. The molecule has 0 saturated heterocycles. The molecule has 0 amide bonds. The van der Waals surface area contributed by atoms with Gasteiger partial charge in [0, 0.05) is 0 Å². The van der Waals surface area contributed by atoms with Crippen LogP contribution in [0.4, 0.5) is 0 Å². The molecule has 2 aliphatic carbocycles. The van der Waals surface area contributed by atoms with Gasteiger partial charge in [0.05, 0.1) is 0 Å². The van der Waals surface area contributed by atoms with Crippen LogP contribution in [-0.2, 0) is 15.3 Å². The molecule has 0 fully saturated rings. The van der Waals surface area contributed by atoms with Crippen molar-refractivity contribution in [3.8, 4) is 0 Å². The van der Waals surface area contributed by atoms with Crippen molar-refractivity contribution in [3.05, 3.63) is 46.6 Å². The predicted molar refractivity (Wildman–Crippen MR) is 102 cm³/mol.